The third kappa shape index (κ3) is 4.40. The van der Waals surface area contributed by atoms with E-state index in [-0.39, 0.29) is 18.7 Å². The minimum absolute atomic E-state index is 0.0491. The van der Waals surface area contributed by atoms with Crippen molar-refractivity contribution >= 4 is 6.03 Å². The average molecular weight is 237 g/mol. The van der Waals surface area contributed by atoms with Gasteiger partial charge in [0.2, 0.25) is 0 Å². The fraction of sp³-hybridized carbons (Fsp3) is 0.500. The lowest BCUT2D eigenvalue weighted by molar-refractivity contribution is 0.214. The molecule has 94 valence electrons. The molecule has 0 aromatic carbocycles. The van der Waals surface area contributed by atoms with Crippen molar-refractivity contribution < 1.29 is 9.90 Å². The summed E-state index contributed by atoms with van der Waals surface area (Å²) in [5.74, 6) is 0. The molecule has 1 rings (SSSR count). The summed E-state index contributed by atoms with van der Waals surface area (Å²) < 4.78 is 0. The summed E-state index contributed by atoms with van der Waals surface area (Å²) in [7, 11) is 0. The van der Waals surface area contributed by atoms with Crippen LogP contribution >= 0.6 is 0 Å². The van der Waals surface area contributed by atoms with Gasteiger partial charge in [-0.05, 0) is 25.0 Å². The lowest BCUT2D eigenvalue weighted by Gasteiger charge is -2.14. The molecule has 0 saturated carbocycles. The molecule has 0 bridgehead atoms. The van der Waals surface area contributed by atoms with Gasteiger partial charge in [0.15, 0.2) is 0 Å². The van der Waals surface area contributed by atoms with Gasteiger partial charge >= 0.3 is 6.03 Å². The third-order valence-electron chi connectivity index (χ3n) is 2.58. The number of carbonyl (C=O) groups is 1. The second-order valence-corrected chi connectivity index (χ2v) is 3.88. The fourth-order valence-corrected chi connectivity index (χ4v) is 1.38. The highest BCUT2D eigenvalue weighted by Gasteiger charge is 2.08. The van der Waals surface area contributed by atoms with Crippen LogP contribution in [0, 0.1) is 6.92 Å². The van der Waals surface area contributed by atoms with Crippen LogP contribution in [-0.4, -0.2) is 28.8 Å². The molecule has 1 heterocycles. The molecule has 0 saturated heterocycles. The van der Waals surface area contributed by atoms with Gasteiger partial charge in [-0.3, -0.25) is 4.98 Å². The predicted octanol–water partition coefficient (Wildman–Crippen LogP) is 0.960. The summed E-state index contributed by atoms with van der Waals surface area (Å²) in [6.45, 7) is 4.20. The number of urea groups is 1. The lowest BCUT2D eigenvalue weighted by Crippen LogP contribution is -2.43. The largest absolute Gasteiger partial charge is 0.394 e. The summed E-state index contributed by atoms with van der Waals surface area (Å²) in [4.78, 5) is 15.7. The number of rotatable bonds is 5. The highest BCUT2D eigenvalue weighted by Crippen LogP contribution is 2.01. The van der Waals surface area contributed by atoms with Gasteiger partial charge in [0, 0.05) is 6.20 Å². The van der Waals surface area contributed by atoms with Gasteiger partial charge in [0.1, 0.15) is 0 Å². The number of aliphatic hydroxyl groups is 1. The zero-order chi connectivity index (χ0) is 12.7. The van der Waals surface area contributed by atoms with Crippen molar-refractivity contribution in [2.75, 3.05) is 6.61 Å². The Morgan fingerprint density at radius 1 is 1.59 bits per heavy atom. The lowest BCUT2D eigenvalue weighted by atomic mass is 10.2. The van der Waals surface area contributed by atoms with Crippen LogP contribution in [0.2, 0.25) is 0 Å². The SMILES string of the molecule is CCC(CO)NC(=O)NCc1ncccc1C. The number of nitrogens with one attached hydrogen (secondary N) is 2. The third-order valence-corrected chi connectivity index (χ3v) is 2.58. The molecule has 5 heteroatoms. The maximum atomic E-state index is 11.5. The van der Waals surface area contributed by atoms with E-state index in [2.05, 4.69) is 15.6 Å². The number of pyridine rings is 1. The van der Waals surface area contributed by atoms with Gasteiger partial charge in [0.25, 0.3) is 0 Å². The van der Waals surface area contributed by atoms with Crippen LogP contribution < -0.4 is 10.6 Å². The molecule has 1 aromatic heterocycles. The van der Waals surface area contributed by atoms with E-state index in [4.69, 9.17) is 5.11 Å². The Balaban J connectivity index is 2.41. The first kappa shape index (κ1) is 13.4. The van der Waals surface area contributed by atoms with E-state index in [0.717, 1.165) is 11.3 Å². The number of carbonyl (C=O) groups excluding carboxylic acids is 1. The monoisotopic (exact) mass is 237 g/mol. The molecule has 2 amide bonds. The molecule has 0 spiro atoms. The van der Waals surface area contributed by atoms with Crippen molar-refractivity contribution in [3.05, 3.63) is 29.6 Å². The highest BCUT2D eigenvalue weighted by atomic mass is 16.3. The highest BCUT2D eigenvalue weighted by molar-refractivity contribution is 5.74. The number of aryl methyl sites for hydroxylation is 1. The first-order valence-corrected chi connectivity index (χ1v) is 5.73. The minimum atomic E-state index is -0.282. The average Bonchev–Trinajstić information content (AvgIpc) is 2.35. The van der Waals surface area contributed by atoms with Crippen LogP contribution in [0.4, 0.5) is 4.79 Å². The van der Waals surface area contributed by atoms with Gasteiger partial charge in [-0.2, -0.15) is 0 Å². The number of amides is 2. The Labute approximate surface area is 101 Å². The normalized spacial score (nSPS) is 11.9. The number of hydrogen-bond acceptors (Lipinski definition) is 3. The standard InChI is InChI=1S/C12H19N3O2/c1-3-10(8-16)15-12(17)14-7-11-9(2)5-4-6-13-11/h4-6,10,16H,3,7-8H2,1-2H3,(H2,14,15,17). The summed E-state index contributed by atoms with van der Waals surface area (Å²) in [5, 5.41) is 14.3. The Morgan fingerprint density at radius 3 is 2.94 bits per heavy atom. The van der Waals surface area contributed by atoms with Crippen molar-refractivity contribution in [3.63, 3.8) is 0 Å². The molecular weight excluding hydrogens is 218 g/mol. The van der Waals surface area contributed by atoms with E-state index in [0.29, 0.717) is 13.0 Å². The number of aliphatic hydroxyl groups excluding tert-OH is 1. The number of aromatic nitrogens is 1. The van der Waals surface area contributed by atoms with E-state index < -0.39 is 0 Å². The first-order chi connectivity index (χ1) is 8.17. The van der Waals surface area contributed by atoms with Crippen LogP contribution in [0.3, 0.4) is 0 Å². The van der Waals surface area contributed by atoms with Crippen molar-refractivity contribution in [2.24, 2.45) is 0 Å². The fourth-order valence-electron chi connectivity index (χ4n) is 1.38. The summed E-state index contributed by atoms with van der Waals surface area (Å²) in [5.41, 5.74) is 1.89. The summed E-state index contributed by atoms with van der Waals surface area (Å²) in [6.07, 6.45) is 2.40. The van der Waals surface area contributed by atoms with Crippen LogP contribution in [0.25, 0.3) is 0 Å². The van der Waals surface area contributed by atoms with Crippen molar-refractivity contribution in [3.8, 4) is 0 Å². The topological polar surface area (TPSA) is 74.2 Å². The molecule has 0 aliphatic heterocycles. The Morgan fingerprint density at radius 2 is 2.35 bits per heavy atom. The Hall–Kier alpha value is -1.62. The van der Waals surface area contributed by atoms with Crippen molar-refractivity contribution in [2.45, 2.75) is 32.9 Å². The van der Waals surface area contributed by atoms with E-state index in [1.165, 1.54) is 0 Å². The number of hydrogen-bond donors (Lipinski definition) is 3. The molecule has 0 fully saturated rings. The van der Waals surface area contributed by atoms with Crippen LogP contribution in [-0.2, 0) is 6.54 Å². The maximum absolute atomic E-state index is 11.5. The molecular formula is C12H19N3O2. The van der Waals surface area contributed by atoms with E-state index in [9.17, 15) is 4.79 Å². The molecule has 1 atom stereocenters. The first-order valence-electron chi connectivity index (χ1n) is 5.73. The van der Waals surface area contributed by atoms with E-state index in [1.54, 1.807) is 6.20 Å². The van der Waals surface area contributed by atoms with Crippen LogP contribution in [0.5, 0.6) is 0 Å². The minimum Gasteiger partial charge on any atom is -0.394 e. The molecule has 1 aromatic rings. The van der Waals surface area contributed by atoms with Gasteiger partial charge in [-0.1, -0.05) is 13.0 Å². The molecule has 0 aliphatic rings. The van der Waals surface area contributed by atoms with Crippen LogP contribution in [0.1, 0.15) is 24.6 Å². The molecule has 3 N–H and O–H groups in total. The zero-order valence-corrected chi connectivity index (χ0v) is 10.2. The Kier molecular flexibility index (Phi) is 5.42. The molecule has 0 radical (unpaired) electrons. The smallest absolute Gasteiger partial charge is 0.315 e. The molecule has 0 aliphatic carbocycles. The molecule has 17 heavy (non-hydrogen) atoms. The Bertz CT molecular complexity index is 365. The van der Waals surface area contributed by atoms with Crippen molar-refractivity contribution in [1.82, 2.24) is 15.6 Å². The maximum Gasteiger partial charge on any atom is 0.315 e. The quantitative estimate of drug-likeness (QED) is 0.714. The summed E-state index contributed by atoms with van der Waals surface area (Å²) >= 11 is 0. The van der Waals surface area contributed by atoms with Gasteiger partial charge in [-0.15, -0.1) is 0 Å². The summed E-state index contributed by atoms with van der Waals surface area (Å²) in [6, 6.07) is 3.33. The van der Waals surface area contributed by atoms with Gasteiger partial charge < -0.3 is 15.7 Å². The predicted molar refractivity (Wildman–Crippen MR) is 65.5 cm³/mol. The number of nitrogens with zero attached hydrogens (tertiary/aromatic N) is 1. The van der Waals surface area contributed by atoms with E-state index in [1.807, 2.05) is 26.0 Å². The second kappa shape index (κ2) is 6.85. The molecule has 5 nitrogen and oxygen atoms in total. The second-order valence-electron chi connectivity index (χ2n) is 3.88. The molecule has 1 unspecified atom stereocenters. The van der Waals surface area contributed by atoms with Gasteiger partial charge in [0.05, 0.1) is 24.9 Å². The van der Waals surface area contributed by atoms with Crippen molar-refractivity contribution in [1.29, 1.82) is 0 Å². The van der Waals surface area contributed by atoms with Crippen LogP contribution in [0.15, 0.2) is 18.3 Å². The van der Waals surface area contributed by atoms with E-state index >= 15 is 0 Å². The zero-order valence-electron chi connectivity index (χ0n) is 10.2. The van der Waals surface area contributed by atoms with Gasteiger partial charge in [-0.25, -0.2) is 4.79 Å².